The number of benzene rings is 5. The zero-order valence-corrected chi connectivity index (χ0v) is 37.3. The van der Waals surface area contributed by atoms with Crippen LogP contribution in [0.25, 0.3) is 10.8 Å². The molecule has 21 nitrogen and oxygen atoms in total. The maximum absolute atomic E-state index is 12.4. The number of aryl methyl sites for hydroxylation is 1. The van der Waals surface area contributed by atoms with Crippen LogP contribution in [0.3, 0.4) is 0 Å². The molecule has 6 aromatic rings. The van der Waals surface area contributed by atoms with Crippen molar-refractivity contribution in [1.29, 1.82) is 5.26 Å². The number of nitriles is 1. The third-order valence-corrected chi connectivity index (χ3v) is 14.0. The lowest BCUT2D eigenvalue weighted by Gasteiger charge is -2.16. The fourth-order valence-electron chi connectivity index (χ4n) is 6.37. The van der Waals surface area contributed by atoms with Crippen molar-refractivity contribution in [3.63, 3.8) is 0 Å². The molecule has 1 aliphatic heterocycles. The lowest BCUT2D eigenvalue weighted by atomic mass is 10.1. The van der Waals surface area contributed by atoms with E-state index in [9.17, 15) is 57.1 Å². The Labute approximate surface area is 375 Å². The topological polar surface area (TPSA) is 340 Å². The van der Waals surface area contributed by atoms with Gasteiger partial charge in [0, 0.05) is 27.7 Å². The van der Waals surface area contributed by atoms with E-state index < -0.39 is 66.6 Å². The number of hydrogen-bond donors (Lipinski definition) is 6. The van der Waals surface area contributed by atoms with E-state index in [1.165, 1.54) is 42.5 Å². The molecule has 0 spiro atoms. The highest BCUT2D eigenvalue weighted by molar-refractivity contribution is 8.14. The van der Waals surface area contributed by atoms with Crippen LogP contribution >= 0.6 is 11.8 Å². The van der Waals surface area contributed by atoms with Crippen molar-refractivity contribution in [3.8, 4) is 6.07 Å². The van der Waals surface area contributed by atoms with E-state index in [4.69, 9.17) is 4.99 Å². The van der Waals surface area contributed by atoms with Gasteiger partial charge in [0.25, 0.3) is 40.5 Å². The molecule has 0 bridgehead atoms. The summed E-state index contributed by atoms with van der Waals surface area (Å²) < 4.78 is 135. The van der Waals surface area contributed by atoms with Crippen LogP contribution in [-0.2, 0) is 40.5 Å². The van der Waals surface area contributed by atoms with Crippen LogP contribution in [0, 0.1) is 25.2 Å². The second-order valence-electron chi connectivity index (χ2n) is 14.0. The summed E-state index contributed by atoms with van der Waals surface area (Å²) in [6.07, 6.45) is 0. The average Bonchev–Trinajstić information content (AvgIpc) is 3.64. The fraction of sp³-hybridized carbons (Fsp3) is 0.103. The van der Waals surface area contributed by atoms with Crippen LogP contribution < -0.4 is 10.6 Å². The highest BCUT2D eigenvalue weighted by Crippen LogP contribution is 2.42. The number of hydrogen-bond acceptors (Lipinski definition) is 18. The first kappa shape index (κ1) is 46.5. The Morgan fingerprint density at radius 1 is 0.646 bits per heavy atom. The van der Waals surface area contributed by atoms with Crippen LogP contribution in [0.5, 0.6) is 0 Å². The Morgan fingerprint density at radius 3 is 1.75 bits per heavy atom. The number of nitrogens with one attached hydrogen (secondary N) is 2. The molecule has 2 atom stereocenters. The lowest BCUT2D eigenvalue weighted by molar-refractivity contribution is 0.481. The van der Waals surface area contributed by atoms with Crippen molar-refractivity contribution in [3.05, 3.63) is 125 Å². The first-order valence-corrected chi connectivity index (χ1v) is 24.9. The van der Waals surface area contributed by atoms with Gasteiger partial charge in [-0.05, 0) is 86.1 Å². The normalized spacial score (nSPS) is 15.9. The summed E-state index contributed by atoms with van der Waals surface area (Å²) in [4.78, 5) is 7.20. The van der Waals surface area contributed by atoms with Crippen molar-refractivity contribution in [1.82, 2.24) is 4.98 Å². The molecule has 0 aliphatic carbocycles. The molecule has 0 radical (unpaired) electrons. The molecule has 0 saturated heterocycles. The molecule has 7 rings (SSSR count). The number of pyridine rings is 1. The maximum atomic E-state index is 12.4. The molecule has 0 amide bonds. The number of rotatable bonds is 12. The number of azo groups is 2. The quantitative estimate of drug-likeness (QED) is 0.0496. The first-order chi connectivity index (χ1) is 30.5. The Balaban J connectivity index is 1.29. The molecule has 2 unspecified atom stereocenters. The summed E-state index contributed by atoms with van der Waals surface area (Å²) in [5.74, 6) is -0.0466. The van der Waals surface area contributed by atoms with E-state index in [0.29, 0.717) is 5.56 Å². The van der Waals surface area contributed by atoms with Gasteiger partial charge >= 0.3 is 0 Å². The number of anilines is 4. The first-order valence-electron chi connectivity index (χ1n) is 18.3. The summed E-state index contributed by atoms with van der Waals surface area (Å²) >= 11 is 0.981. The van der Waals surface area contributed by atoms with E-state index in [1.54, 1.807) is 19.1 Å². The summed E-state index contributed by atoms with van der Waals surface area (Å²) in [6, 6.07) is 24.0. The van der Waals surface area contributed by atoms with Gasteiger partial charge < -0.3 is 10.6 Å². The van der Waals surface area contributed by atoms with Crippen LogP contribution in [0.15, 0.2) is 148 Å². The van der Waals surface area contributed by atoms with Crippen LogP contribution in [0.4, 0.5) is 34.4 Å². The molecule has 2 heterocycles. The minimum absolute atomic E-state index is 0.0106. The molecule has 1 aromatic heterocycles. The van der Waals surface area contributed by atoms with Gasteiger partial charge in [0.05, 0.1) is 21.0 Å². The lowest BCUT2D eigenvalue weighted by Crippen LogP contribution is -2.06. The van der Waals surface area contributed by atoms with Crippen LogP contribution in [0.1, 0.15) is 28.3 Å². The molecule has 5 aromatic carbocycles. The van der Waals surface area contributed by atoms with Gasteiger partial charge in [-0.3, -0.25) is 18.2 Å². The van der Waals surface area contributed by atoms with Gasteiger partial charge in [0.1, 0.15) is 27.6 Å². The molecule has 6 N–H and O–H groups in total. The second-order valence-corrected chi connectivity index (χ2v) is 20.7. The number of nitrogens with zero attached hydrogens (tertiary/aromatic N) is 7. The predicted octanol–water partition coefficient (Wildman–Crippen LogP) is 8.24. The number of thioether (sulfide) groups is 1. The minimum Gasteiger partial charge on any atom is -0.339 e. The van der Waals surface area contributed by atoms with Gasteiger partial charge in [0.2, 0.25) is 5.17 Å². The average molecular weight is 978 g/mol. The summed E-state index contributed by atoms with van der Waals surface area (Å²) in [5.41, 5.74) is 2.14. The summed E-state index contributed by atoms with van der Waals surface area (Å²) in [5, 5.41) is 32.4. The third-order valence-electron chi connectivity index (χ3n) is 9.50. The molecule has 1 aliphatic rings. The molecule has 334 valence electrons. The predicted molar refractivity (Wildman–Crippen MR) is 238 cm³/mol. The second kappa shape index (κ2) is 17.8. The molecular weight excluding hydrogens is 947 g/mol. The zero-order chi connectivity index (χ0) is 47.1. The Hall–Kier alpha value is -6.54. The minimum atomic E-state index is -4.95. The van der Waals surface area contributed by atoms with Crippen molar-refractivity contribution in [2.24, 2.45) is 25.4 Å². The molecular formula is C39H31N9O12S5. The number of aliphatic imine (C=N–C) groups is 1. The smallest absolute Gasteiger partial charge is 0.295 e. The Morgan fingerprint density at radius 2 is 1.22 bits per heavy atom. The molecule has 26 heteroatoms. The van der Waals surface area contributed by atoms with Crippen molar-refractivity contribution in [2.45, 2.75) is 44.8 Å². The molecule has 0 saturated carbocycles. The van der Waals surface area contributed by atoms with E-state index in [0.717, 1.165) is 53.7 Å². The van der Waals surface area contributed by atoms with Crippen molar-refractivity contribution in [2.75, 3.05) is 10.6 Å². The van der Waals surface area contributed by atoms with E-state index in [-0.39, 0.29) is 66.3 Å². The van der Waals surface area contributed by atoms with Gasteiger partial charge in [0.15, 0.2) is 17.0 Å². The maximum Gasteiger partial charge on any atom is 0.295 e. The summed E-state index contributed by atoms with van der Waals surface area (Å²) in [6.45, 7) is 3.42. The van der Waals surface area contributed by atoms with Gasteiger partial charge in [-0.15, -0.1) is 10.2 Å². The van der Waals surface area contributed by atoms with Crippen LogP contribution in [-0.4, -0.2) is 67.4 Å². The van der Waals surface area contributed by atoms with Gasteiger partial charge in [-0.25, -0.2) is 9.98 Å². The van der Waals surface area contributed by atoms with Gasteiger partial charge in [-0.1, -0.05) is 53.7 Å². The molecule has 65 heavy (non-hydrogen) atoms. The van der Waals surface area contributed by atoms with Crippen LogP contribution in [0.2, 0.25) is 0 Å². The zero-order valence-electron chi connectivity index (χ0n) is 33.2. The van der Waals surface area contributed by atoms with Crippen molar-refractivity contribution < 1.29 is 51.9 Å². The number of aromatic nitrogens is 1. The number of amidine groups is 1. The standard InChI is InChI=1S/C39H31N9O12S5/c1-21-6-8-23(9-7-21)35-38(47-45-26-18-30-29(33(19-26)65(58,59)60)4-3-5-32(30)64(55,56)57)61-39(43-35)48-46-34-22(2)31(20-40)36(41-24-10-14-27(15-11-24)62(49,50)51)44-37(34)42-25-12-16-28(17-13-25)63(52,53)54/h3-19,35,38H,1-2H3,(H2,41,42,44)(H,49,50,51)(H,52,53,54)(H,55,56,57)(H,58,59,60)/b47-45+,48-46?. The van der Waals surface area contributed by atoms with Gasteiger partial charge in [-0.2, -0.15) is 49.2 Å². The monoisotopic (exact) mass is 977 g/mol. The fourth-order valence-corrected chi connectivity index (χ4v) is 9.67. The molecule has 0 fully saturated rings. The number of fused-ring (bicyclic) bond motifs is 1. The largest absolute Gasteiger partial charge is 0.339 e. The summed E-state index contributed by atoms with van der Waals surface area (Å²) in [7, 11) is -18.9. The Kier molecular flexibility index (Phi) is 12.7. The highest BCUT2D eigenvalue weighted by atomic mass is 32.2. The van der Waals surface area contributed by atoms with E-state index in [1.807, 2.05) is 19.1 Å². The van der Waals surface area contributed by atoms with E-state index >= 15 is 0 Å². The third kappa shape index (κ3) is 10.5. The Bertz CT molecular complexity index is 3490. The SMILES string of the molecule is Cc1ccc(C2N=C(N=Nc3c(Nc4ccc(S(=O)(=O)O)cc4)nc(Nc4ccc(S(=O)(=O)O)cc4)c(C#N)c3C)SC2/N=N/c2cc(S(=O)(=O)O)c3cccc(S(=O)(=O)O)c3c2)cc1. The van der Waals surface area contributed by atoms with Crippen molar-refractivity contribution >= 4 is 103 Å². The highest BCUT2D eigenvalue weighted by Gasteiger charge is 2.33. The van der Waals surface area contributed by atoms with E-state index in [2.05, 4.69) is 42.1 Å².